The molecule has 1 amide bonds. The molecule has 6 nitrogen and oxygen atoms in total. The van der Waals surface area contributed by atoms with E-state index in [2.05, 4.69) is 0 Å². The lowest BCUT2D eigenvalue weighted by molar-refractivity contribution is -0.137. The quantitative estimate of drug-likeness (QED) is 0.525. The van der Waals surface area contributed by atoms with Gasteiger partial charge in [-0.1, -0.05) is 0 Å². The molecule has 35 heavy (non-hydrogen) atoms. The fourth-order valence-electron chi connectivity index (χ4n) is 5.28. The van der Waals surface area contributed by atoms with Gasteiger partial charge >= 0.3 is 12.3 Å². The van der Waals surface area contributed by atoms with Gasteiger partial charge in [0.05, 0.1) is 18.2 Å². The van der Waals surface area contributed by atoms with E-state index >= 15 is 0 Å². The first-order chi connectivity index (χ1) is 16.2. The van der Waals surface area contributed by atoms with Crippen LogP contribution in [0.3, 0.4) is 0 Å². The van der Waals surface area contributed by atoms with Crippen LogP contribution in [-0.4, -0.2) is 41.4 Å². The van der Waals surface area contributed by atoms with E-state index in [-0.39, 0.29) is 17.9 Å². The van der Waals surface area contributed by atoms with Crippen LogP contribution in [0.5, 0.6) is 5.75 Å². The second kappa shape index (κ2) is 8.76. The zero-order valence-electron chi connectivity index (χ0n) is 20.7. The summed E-state index contributed by atoms with van der Waals surface area (Å²) in [5, 5.41) is 11.5. The predicted molar refractivity (Wildman–Crippen MR) is 123 cm³/mol. The lowest BCUT2D eigenvalue weighted by Crippen LogP contribution is -2.58. The van der Waals surface area contributed by atoms with E-state index in [1.807, 2.05) is 20.8 Å². The van der Waals surface area contributed by atoms with E-state index in [0.717, 1.165) is 37.8 Å². The number of ether oxygens (including phenoxy) is 2. The van der Waals surface area contributed by atoms with Gasteiger partial charge < -0.3 is 23.9 Å². The topological polar surface area (TPSA) is 72.1 Å². The number of aliphatic hydroxyl groups excluding tert-OH is 1. The minimum atomic E-state index is -4.50. The highest BCUT2D eigenvalue weighted by molar-refractivity contribution is 5.70. The molecule has 3 heterocycles. The van der Waals surface area contributed by atoms with Crippen LogP contribution >= 0.6 is 0 Å². The molecule has 3 aliphatic rings. The van der Waals surface area contributed by atoms with E-state index in [1.54, 1.807) is 17.9 Å². The second-order valence-electron chi connectivity index (χ2n) is 10.7. The fourth-order valence-corrected chi connectivity index (χ4v) is 5.28. The summed E-state index contributed by atoms with van der Waals surface area (Å²) < 4.78 is 56.3. The molecule has 2 aromatic rings. The minimum Gasteiger partial charge on any atom is -0.496 e. The van der Waals surface area contributed by atoms with Gasteiger partial charge in [0.2, 0.25) is 0 Å². The van der Waals surface area contributed by atoms with Crippen molar-refractivity contribution in [1.82, 2.24) is 4.90 Å². The molecule has 1 aliphatic carbocycles. The van der Waals surface area contributed by atoms with Crippen molar-refractivity contribution in [2.45, 2.75) is 77.3 Å². The van der Waals surface area contributed by atoms with Gasteiger partial charge in [0.15, 0.2) is 0 Å². The third kappa shape index (κ3) is 4.87. The summed E-state index contributed by atoms with van der Waals surface area (Å²) in [5.74, 6) is 0.698. The van der Waals surface area contributed by atoms with Crippen molar-refractivity contribution in [2.24, 2.45) is 5.41 Å². The Hall–Kier alpha value is -2.68. The molecule has 1 N–H and O–H groups in total. The predicted octanol–water partition coefficient (Wildman–Crippen LogP) is 6.50. The number of fused-ring (bicyclic) bond motifs is 3. The van der Waals surface area contributed by atoms with Gasteiger partial charge in [0, 0.05) is 18.0 Å². The number of furan rings is 1. The summed E-state index contributed by atoms with van der Waals surface area (Å²) in [6.45, 7) is 7.59. The molecular formula is C26H32F3NO5. The van der Waals surface area contributed by atoms with Gasteiger partial charge in [0.25, 0.3) is 0 Å². The van der Waals surface area contributed by atoms with Gasteiger partial charge in [-0.2, -0.15) is 13.2 Å². The van der Waals surface area contributed by atoms with E-state index in [1.165, 1.54) is 13.2 Å². The Morgan fingerprint density at radius 2 is 1.86 bits per heavy atom. The van der Waals surface area contributed by atoms with Crippen molar-refractivity contribution in [3.8, 4) is 17.1 Å². The smallest absolute Gasteiger partial charge is 0.416 e. The van der Waals surface area contributed by atoms with Crippen LogP contribution in [0.4, 0.5) is 18.0 Å². The Balaban J connectivity index is 1.62. The largest absolute Gasteiger partial charge is 0.496 e. The molecule has 1 aromatic heterocycles. The minimum absolute atomic E-state index is 0.0331. The van der Waals surface area contributed by atoms with Crippen molar-refractivity contribution in [1.29, 1.82) is 0 Å². The average Bonchev–Trinajstić information content (AvgIpc) is 3.18. The Kier molecular flexibility index (Phi) is 6.36. The van der Waals surface area contributed by atoms with Gasteiger partial charge in [0.1, 0.15) is 29.0 Å². The fraction of sp³-hybridized carbons (Fsp3) is 0.577. The van der Waals surface area contributed by atoms with Crippen LogP contribution < -0.4 is 4.74 Å². The number of amides is 1. The summed E-state index contributed by atoms with van der Waals surface area (Å²) in [5.41, 5.74) is -0.980. The van der Waals surface area contributed by atoms with E-state index in [9.17, 15) is 23.1 Å². The number of carbonyl (C=O) groups excluding carboxylic acids is 1. The lowest BCUT2D eigenvalue weighted by Gasteiger charge is -2.53. The van der Waals surface area contributed by atoms with Crippen molar-refractivity contribution in [3.05, 3.63) is 41.2 Å². The average molecular weight is 496 g/mol. The summed E-state index contributed by atoms with van der Waals surface area (Å²) >= 11 is 0. The van der Waals surface area contributed by atoms with Crippen LogP contribution in [0, 0.1) is 12.3 Å². The molecule has 5 rings (SSSR count). The number of benzene rings is 1. The molecule has 192 valence electrons. The zero-order chi connectivity index (χ0) is 25.8. The molecule has 0 radical (unpaired) electrons. The first kappa shape index (κ1) is 25.4. The summed E-state index contributed by atoms with van der Waals surface area (Å²) in [4.78, 5) is 14.5. The number of piperidine rings is 2. The normalized spacial score (nSPS) is 23.3. The number of aryl methyl sites for hydroxylation is 1. The number of rotatable bonds is 4. The van der Waals surface area contributed by atoms with Crippen molar-refractivity contribution < 1.29 is 37.0 Å². The zero-order valence-corrected chi connectivity index (χ0v) is 20.7. The van der Waals surface area contributed by atoms with Gasteiger partial charge in [-0.05, 0) is 83.2 Å². The summed E-state index contributed by atoms with van der Waals surface area (Å²) in [7, 11) is 1.30. The first-order valence-corrected chi connectivity index (χ1v) is 11.8. The number of hydrogen-bond acceptors (Lipinski definition) is 5. The third-order valence-electron chi connectivity index (χ3n) is 7.06. The Bertz CT molecular complexity index is 1090. The number of alkyl halides is 3. The maximum absolute atomic E-state index is 13.1. The molecule has 1 atom stereocenters. The van der Waals surface area contributed by atoms with Gasteiger partial charge in [-0.25, -0.2) is 4.79 Å². The molecule has 2 bridgehead atoms. The molecule has 3 fully saturated rings. The molecular weight excluding hydrogens is 463 g/mol. The number of methoxy groups -OCH3 is 1. The Morgan fingerprint density at radius 1 is 1.20 bits per heavy atom. The summed E-state index contributed by atoms with van der Waals surface area (Å²) in [6, 6.07) is 5.04. The maximum atomic E-state index is 13.1. The second-order valence-corrected chi connectivity index (χ2v) is 10.7. The van der Waals surface area contributed by atoms with E-state index < -0.39 is 28.9 Å². The molecule has 0 spiro atoms. The molecule has 1 saturated carbocycles. The molecule has 1 unspecified atom stereocenters. The number of halogens is 3. The highest BCUT2D eigenvalue weighted by Crippen LogP contribution is 2.53. The van der Waals surface area contributed by atoms with Crippen molar-refractivity contribution in [3.63, 3.8) is 0 Å². The van der Waals surface area contributed by atoms with Crippen LogP contribution in [0.2, 0.25) is 0 Å². The molecule has 2 aliphatic heterocycles. The Labute approximate surface area is 203 Å². The summed E-state index contributed by atoms with van der Waals surface area (Å²) in [6.07, 6.45) is -2.88. The molecule has 9 heteroatoms. The van der Waals surface area contributed by atoms with Crippen molar-refractivity contribution in [2.75, 3.05) is 13.7 Å². The van der Waals surface area contributed by atoms with Crippen LogP contribution in [0.15, 0.2) is 28.7 Å². The Morgan fingerprint density at radius 3 is 2.43 bits per heavy atom. The van der Waals surface area contributed by atoms with Crippen LogP contribution in [-0.2, 0) is 10.9 Å². The third-order valence-corrected chi connectivity index (χ3v) is 7.06. The van der Waals surface area contributed by atoms with Crippen LogP contribution in [0.1, 0.15) is 69.4 Å². The lowest BCUT2D eigenvalue weighted by atomic mass is 9.64. The number of carbonyl (C=O) groups is 1. The number of aliphatic hydroxyl groups is 1. The van der Waals surface area contributed by atoms with E-state index in [4.69, 9.17) is 13.9 Å². The van der Waals surface area contributed by atoms with Crippen molar-refractivity contribution >= 4 is 6.09 Å². The number of nitrogens with zero attached hydrogens (tertiary/aromatic N) is 1. The highest BCUT2D eigenvalue weighted by atomic mass is 19.4. The first-order valence-electron chi connectivity index (χ1n) is 11.8. The highest BCUT2D eigenvalue weighted by Gasteiger charge is 2.52. The number of hydrogen-bond donors (Lipinski definition) is 1. The van der Waals surface area contributed by atoms with Crippen LogP contribution in [0.25, 0.3) is 11.3 Å². The maximum Gasteiger partial charge on any atom is 0.416 e. The monoisotopic (exact) mass is 495 g/mol. The SMILES string of the molecule is COc1cc(C(F)(F)F)ccc1-c1oc(C(O)C23CCC(CC2)N(C(=O)OC(C)(C)C)C3)cc1C. The van der Waals surface area contributed by atoms with Gasteiger partial charge in [-0.3, -0.25) is 0 Å². The standard InChI is InChI=1S/C26H32F3NO5/c1-15-12-20(34-21(15)18-7-6-16(26(27,28)29)13-19(18)33-5)22(31)25-10-8-17(9-11-25)30(14-25)23(32)35-24(2,3)4/h6-7,12-13,17,22,31H,8-11,14H2,1-5H3. The van der Waals surface area contributed by atoms with Gasteiger partial charge in [-0.15, -0.1) is 0 Å². The molecule has 2 saturated heterocycles. The molecule has 1 aromatic carbocycles. The van der Waals surface area contributed by atoms with E-state index in [0.29, 0.717) is 29.2 Å².